The van der Waals surface area contributed by atoms with Crippen molar-refractivity contribution >= 4 is 0 Å². The second kappa shape index (κ2) is 28.3. The van der Waals surface area contributed by atoms with Gasteiger partial charge in [-0.25, -0.2) is 8.78 Å². The van der Waals surface area contributed by atoms with Crippen LogP contribution in [0.3, 0.4) is 0 Å². The van der Waals surface area contributed by atoms with Crippen molar-refractivity contribution in [3.8, 4) is 0 Å². The van der Waals surface area contributed by atoms with Crippen molar-refractivity contribution in [3.05, 3.63) is 70.8 Å². The Morgan fingerprint density at radius 1 is 0.444 bits per heavy atom. The summed E-state index contributed by atoms with van der Waals surface area (Å²) in [6.07, 6.45) is 13.6. The van der Waals surface area contributed by atoms with Gasteiger partial charge in [-0.05, 0) is 166 Å². The Morgan fingerprint density at radius 2 is 0.806 bits per heavy atom. The zero-order valence-electron chi connectivity index (χ0n) is 46.2. The highest BCUT2D eigenvalue weighted by molar-refractivity contribution is 5.27. The van der Waals surface area contributed by atoms with E-state index in [1.807, 2.05) is 0 Å². The maximum absolute atomic E-state index is 15.7. The Balaban J connectivity index is 1.09. The lowest BCUT2D eigenvalue weighted by molar-refractivity contribution is -0.0412. The number of ether oxygens (including phenoxy) is 6. The fourth-order valence-electron chi connectivity index (χ4n) is 11.5. The number of halogens is 2. The largest absolute Gasteiger partial charge is 0.381 e. The summed E-state index contributed by atoms with van der Waals surface area (Å²) in [5, 5.41) is 0. The molecule has 5 aliphatic rings. The molecule has 2 aromatic rings. The van der Waals surface area contributed by atoms with E-state index in [-0.39, 0.29) is 36.4 Å². The lowest BCUT2D eigenvalue weighted by Gasteiger charge is -2.36. The van der Waals surface area contributed by atoms with E-state index < -0.39 is 11.3 Å². The van der Waals surface area contributed by atoms with E-state index in [2.05, 4.69) is 96.3 Å². The number of rotatable bonds is 14. The van der Waals surface area contributed by atoms with Gasteiger partial charge in [-0.15, -0.1) is 0 Å². The van der Waals surface area contributed by atoms with Crippen LogP contribution in [0.4, 0.5) is 8.78 Å². The van der Waals surface area contributed by atoms with Gasteiger partial charge in [-0.1, -0.05) is 74.2 Å². The molecular formula is C60H98F2N4O6. The summed E-state index contributed by atoms with van der Waals surface area (Å²) in [4.78, 5) is 9.44. The van der Waals surface area contributed by atoms with E-state index in [0.29, 0.717) is 89.2 Å². The van der Waals surface area contributed by atoms with Crippen LogP contribution in [0.2, 0.25) is 0 Å². The van der Waals surface area contributed by atoms with Crippen molar-refractivity contribution < 1.29 is 37.2 Å². The zero-order valence-corrected chi connectivity index (χ0v) is 46.2. The number of likely N-dealkylation sites (N-methyl/N-ethyl adjacent to an activating group) is 4. The summed E-state index contributed by atoms with van der Waals surface area (Å²) in [5.74, 6) is 2.52. The Kier molecular flexibility index (Phi) is 22.7. The van der Waals surface area contributed by atoms with Crippen LogP contribution in [0.25, 0.3) is 0 Å². The van der Waals surface area contributed by atoms with E-state index in [4.69, 9.17) is 28.4 Å². The second-order valence-corrected chi connectivity index (χ2v) is 24.4. The maximum atomic E-state index is 15.7. The van der Waals surface area contributed by atoms with Crippen LogP contribution in [0, 0.1) is 11.8 Å². The van der Waals surface area contributed by atoms with E-state index in [1.165, 1.54) is 47.9 Å². The number of benzene rings is 2. The van der Waals surface area contributed by atoms with Crippen LogP contribution in [-0.2, 0) is 41.3 Å². The third-order valence-electron chi connectivity index (χ3n) is 16.6. The van der Waals surface area contributed by atoms with Crippen LogP contribution < -0.4 is 0 Å². The molecule has 0 bridgehead atoms. The Morgan fingerprint density at radius 3 is 1.14 bits per heavy atom. The van der Waals surface area contributed by atoms with Gasteiger partial charge in [-0.2, -0.15) is 0 Å². The normalized spacial score (nSPS) is 29.0. The summed E-state index contributed by atoms with van der Waals surface area (Å²) >= 11 is 0. The third-order valence-corrected chi connectivity index (χ3v) is 16.6. The third kappa shape index (κ3) is 20.5. The summed E-state index contributed by atoms with van der Waals surface area (Å²) in [6, 6.07) is 18.6. The molecule has 3 saturated heterocycles. The lowest BCUT2D eigenvalue weighted by Crippen LogP contribution is -2.47. The molecule has 6 atom stereocenters. The van der Waals surface area contributed by atoms with Gasteiger partial charge in [-0.3, -0.25) is 19.6 Å². The lowest BCUT2D eigenvalue weighted by atomic mass is 9.90. The molecule has 3 heterocycles. The molecule has 0 unspecified atom stereocenters. The molecule has 72 heavy (non-hydrogen) atoms. The first-order chi connectivity index (χ1) is 34.5. The van der Waals surface area contributed by atoms with Crippen LogP contribution in [0.5, 0.6) is 0 Å². The monoisotopic (exact) mass is 1010 g/mol. The topological polar surface area (TPSA) is 68.3 Å². The molecule has 5 fully saturated rings. The van der Waals surface area contributed by atoms with Crippen molar-refractivity contribution in [2.75, 3.05) is 120 Å². The van der Waals surface area contributed by atoms with Gasteiger partial charge < -0.3 is 28.4 Å². The second-order valence-electron chi connectivity index (χ2n) is 24.4. The van der Waals surface area contributed by atoms with Crippen LogP contribution in [-0.4, -0.2) is 188 Å². The van der Waals surface area contributed by atoms with E-state index in [9.17, 15) is 0 Å². The molecule has 7 rings (SSSR count). The van der Waals surface area contributed by atoms with Crippen molar-refractivity contribution in [2.45, 2.75) is 177 Å². The van der Waals surface area contributed by atoms with Gasteiger partial charge in [0.2, 0.25) is 0 Å². The number of hydrogen-bond donors (Lipinski definition) is 0. The molecule has 0 aromatic heterocycles. The molecule has 12 heteroatoms. The molecule has 0 amide bonds. The number of alkyl halides is 2. The van der Waals surface area contributed by atoms with Crippen molar-refractivity contribution in [3.63, 3.8) is 0 Å². The summed E-state index contributed by atoms with van der Waals surface area (Å²) in [5.41, 5.74) is 2.58. The van der Waals surface area contributed by atoms with Gasteiger partial charge >= 0.3 is 0 Å². The van der Waals surface area contributed by atoms with Gasteiger partial charge in [0.25, 0.3) is 0 Å². The highest BCUT2D eigenvalue weighted by atomic mass is 19.1. The standard InChI is InChI=1S/C60H98F2N4O6/c1-59(2,61)37-55-43-71-57(35-47-13-17-49(18-14-47)51-21-27-67-28-22-51)39-65(7)54(34-46-11-12-46)42-70-32-26-64(6)56(38-60(3,4)62)44-72-58(36-48-15-19-50(20-16-48)52-23-29-68-30-24-52)40-66(8)53(33-45-9-10-45)41-69-31-25-63(55)5/h13-20,45-46,51-58H,9-12,21-44H2,1-8H3/t53-,54-,55-,56-,57+,58+/m0/s1. The van der Waals surface area contributed by atoms with Gasteiger partial charge in [0.15, 0.2) is 0 Å². The summed E-state index contributed by atoms with van der Waals surface area (Å²) in [6.45, 7) is 16.1. The minimum atomic E-state index is -1.36. The maximum Gasteiger partial charge on any atom is 0.107 e. The highest BCUT2D eigenvalue weighted by Crippen LogP contribution is 2.36. The Bertz CT molecular complexity index is 1680. The van der Waals surface area contributed by atoms with E-state index in [0.717, 1.165) is 90.9 Å². The predicted octanol–water partition coefficient (Wildman–Crippen LogP) is 10.2. The Labute approximate surface area is 435 Å². The summed E-state index contributed by atoms with van der Waals surface area (Å²) in [7, 11) is 8.66. The number of nitrogens with zero attached hydrogens (tertiary/aromatic N) is 4. The van der Waals surface area contributed by atoms with Gasteiger partial charge in [0, 0.05) is 76.8 Å². The minimum absolute atomic E-state index is 0.0963. The van der Waals surface area contributed by atoms with Crippen LogP contribution >= 0.6 is 0 Å². The van der Waals surface area contributed by atoms with Crippen LogP contribution in [0.15, 0.2) is 48.5 Å². The molecule has 10 nitrogen and oxygen atoms in total. The quantitative estimate of drug-likeness (QED) is 0.183. The predicted molar refractivity (Wildman–Crippen MR) is 287 cm³/mol. The van der Waals surface area contributed by atoms with Crippen molar-refractivity contribution in [1.82, 2.24) is 19.6 Å². The first kappa shape index (κ1) is 57.6. The fourth-order valence-corrected chi connectivity index (χ4v) is 11.5. The van der Waals surface area contributed by atoms with E-state index >= 15 is 8.78 Å². The van der Waals surface area contributed by atoms with Gasteiger partial charge in [0.1, 0.15) is 11.3 Å². The van der Waals surface area contributed by atoms with Crippen molar-refractivity contribution in [2.24, 2.45) is 11.8 Å². The van der Waals surface area contributed by atoms with E-state index in [1.54, 1.807) is 27.7 Å². The first-order valence-electron chi connectivity index (χ1n) is 28.4. The molecule has 2 aliphatic carbocycles. The molecule has 0 spiro atoms. The SMILES string of the molecule is CN1CCOC[C@H](CC2CC2)N(C)C[C@@H](Cc2ccc(C3CCOCC3)cc2)OC[C@H](CC(C)(C)F)N(C)CCOC[C@H](CC2CC2)N(C)C[C@@H](Cc2ccc(C3CCOCC3)cc2)OC[C@@H]1CC(C)(C)F. The van der Waals surface area contributed by atoms with Crippen molar-refractivity contribution in [1.29, 1.82) is 0 Å². The van der Waals surface area contributed by atoms with Crippen LogP contribution in [0.1, 0.15) is 139 Å². The Hall–Kier alpha value is -2.10. The smallest absolute Gasteiger partial charge is 0.107 e. The fraction of sp³-hybridized carbons (Fsp3) is 0.800. The molecule has 3 aliphatic heterocycles. The molecule has 408 valence electrons. The molecule has 0 radical (unpaired) electrons. The molecular weight excluding hydrogens is 911 g/mol. The summed E-state index contributed by atoms with van der Waals surface area (Å²) < 4.78 is 70.0. The molecule has 2 aromatic carbocycles. The van der Waals surface area contributed by atoms with Gasteiger partial charge in [0.05, 0.1) is 51.8 Å². The highest BCUT2D eigenvalue weighted by Gasteiger charge is 2.34. The molecule has 0 N–H and O–H groups in total. The average Bonchev–Trinajstić information content (AvgIpc) is 4.31. The first-order valence-corrected chi connectivity index (χ1v) is 28.4. The molecule has 2 saturated carbocycles. The zero-order chi connectivity index (χ0) is 51.1. The minimum Gasteiger partial charge on any atom is -0.381 e. The number of hydrogen-bond acceptors (Lipinski definition) is 10. The average molecular weight is 1010 g/mol.